The molecule has 0 N–H and O–H groups in total. The number of halogens is 1. The highest BCUT2D eigenvalue weighted by Gasteiger charge is 2.05. The summed E-state index contributed by atoms with van der Waals surface area (Å²) in [4.78, 5) is 8.37. The Hall–Kier alpha value is -1.06. The van der Waals surface area contributed by atoms with Crippen molar-refractivity contribution in [2.24, 2.45) is 0 Å². The smallest absolute Gasteiger partial charge is 0.218 e. The van der Waals surface area contributed by atoms with Crippen LogP contribution in [0.4, 0.5) is 0 Å². The van der Waals surface area contributed by atoms with Crippen molar-refractivity contribution >= 4 is 34.3 Å². The Kier molecular flexibility index (Phi) is 3.23. The molecule has 0 fully saturated rings. The average molecular weight is 237 g/mol. The van der Waals surface area contributed by atoms with E-state index in [1.165, 1.54) is 0 Å². The maximum absolute atomic E-state index is 5.84. The van der Waals surface area contributed by atoms with Crippen LogP contribution in [0.25, 0.3) is 10.9 Å². The number of hydrogen-bond donors (Lipinski definition) is 0. The molecule has 0 bridgehead atoms. The van der Waals surface area contributed by atoms with E-state index in [9.17, 15) is 0 Å². The van der Waals surface area contributed by atoms with Gasteiger partial charge in [-0.15, -0.1) is 18.3 Å². The first-order valence-corrected chi connectivity index (χ1v) is 5.83. The zero-order valence-electron chi connectivity index (χ0n) is 7.98. The van der Waals surface area contributed by atoms with Gasteiger partial charge in [0, 0.05) is 11.1 Å². The SMILES string of the molecule is C=CCSc1nc(Cl)nc2ccccc12. The molecule has 2 rings (SSSR count). The van der Waals surface area contributed by atoms with E-state index in [0.29, 0.717) is 5.28 Å². The second-order valence-electron chi connectivity index (χ2n) is 2.91. The lowest BCUT2D eigenvalue weighted by Crippen LogP contribution is -1.89. The summed E-state index contributed by atoms with van der Waals surface area (Å²) < 4.78 is 0. The van der Waals surface area contributed by atoms with Crippen molar-refractivity contribution in [2.45, 2.75) is 5.03 Å². The Morgan fingerprint density at radius 3 is 2.93 bits per heavy atom. The molecule has 0 amide bonds. The monoisotopic (exact) mass is 236 g/mol. The number of para-hydroxylation sites is 1. The molecule has 0 spiro atoms. The molecule has 76 valence electrons. The van der Waals surface area contributed by atoms with Gasteiger partial charge in [0.25, 0.3) is 0 Å². The van der Waals surface area contributed by atoms with E-state index in [-0.39, 0.29) is 0 Å². The van der Waals surface area contributed by atoms with Crippen molar-refractivity contribution in [3.8, 4) is 0 Å². The molecule has 2 aromatic rings. The molecule has 1 aromatic carbocycles. The maximum atomic E-state index is 5.84. The van der Waals surface area contributed by atoms with Gasteiger partial charge in [-0.05, 0) is 17.7 Å². The van der Waals surface area contributed by atoms with Crippen LogP contribution < -0.4 is 0 Å². The number of rotatable bonds is 3. The van der Waals surface area contributed by atoms with Gasteiger partial charge in [0.05, 0.1) is 5.52 Å². The van der Waals surface area contributed by atoms with E-state index in [1.54, 1.807) is 11.8 Å². The third-order valence-corrected chi connectivity index (χ3v) is 3.03. The van der Waals surface area contributed by atoms with Gasteiger partial charge in [-0.25, -0.2) is 9.97 Å². The number of fused-ring (bicyclic) bond motifs is 1. The summed E-state index contributed by atoms with van der Waals surface area (Å²) in [6.45, 7) is 3.68. The highest BCUT2D eigenvalue weighted by molar-refractivity contribution is 7.99. The highest BCUT2D eigenvalue weighted by atomic mass is 35.5. The fourth-order valence-corrected chi connectivity index (χ4v) is 2.25. The van der Waals surface area contributed by atoms with Crippen LogP contribution in [0.2, 0.25) is 5.28 Å². The molecule has 0 radical (unpaired) electrons. The zero-order valence-corrected chi connectivity index (χ0v) is 9.55. The predicted octanol–water partition coefficient (Wildman–Crippen LogP) is 3.56. The van der Waals surface area contributed by atoms with Crippen LogP contribution in [0.1, 0.15) is 0 Å². The van der Waals surface area contributed by atoms with E-state index < -0.39 is 0 Å². The van der Waals surface area contributed by atoms with E-state index in [1.807, 2.05) is 30.3 Å². The Labute approximate surface area is 97.4 Å². The van der Waals surface area contributed by atoms with Crippen LogP contribution in [0.15, 0.2) is 41.9 Å². The Morgan fingerprint density at radius 2 is 2.13 bits per heavy atom. The van der Waals surface area contributed by atoms with Crippen LogP contribution in [0.3, 0.4) is 0 Å². The minimum Gasteiger partial charge on any atom is -0.218 e. The van der Waals surface area contributed by atoms with Crippen molar-refractivity contribution in [2.75, 3.05) is 5.75 Å². The van der Waals surface area contributed by atoms with Gasteiger partial charge < -0.3 is 0 Å². The summed E-state index contributed by atoms with van der Waals surface area (Å²) in [6.07, 6.45) is 1.84. The summed E-state index contributed by atoms with van der Waals surface area (Å²) in [5.74, 6) is 0.817. The first kappa shape index (κ1) is 10.5. The second kappa shape index (κ2) is 4.64. The Balaban J connectivity index is 2.55. The van der Waals surface area contributed by atoms with Crippen molar-refractivity contribution < 1.29 is 0 Å². The summed E-state index contributed by atoms with van der Waals surface area (Å²) >= 11 is 7.45. The normalized spacial score (nSPS) is 10.5. The summed E-state index contributed by atoms with van der Waals surface area (Å²) in [7, 11) is 0. The zero-order chi connectivity index (χ0) is 10.7. The highest BCUT2D eigenvalue weighted by Crippen LogP contribution is 2.26. The van der Waals surface area contributed by atoms with Gasteiger partial charge in [-0.2, -0.15) is 0 Å². The van der Waals surface area contributed by atoms with Gasteiger partial charge >= 0.3 is 0 Å². The van der Waals surface area contributed by atoms with E-state index in [4.69, 9.17) is 11.6 Å². The van der Waals surface area contributed by atoms with Crippen molar-refractivity contribution in [1.82, 2.24) is 9.97 Å². The topological polar surface area (TPSA) is 25.8 Å². The third-order valence-electron chi connectivity index (χ3n) is 1.88. The van der Waals surface area contributed by atoms with Crippen LogP contribution in [-0.4, -0.2) is 15.7 Å². The van der Waals surface area contributed by atoms with Crippen molar-refractivity contribution in [1.29, 1.82) is 0 Å². The molecule has 0 unspecified atom stereocenters. The van der Waals surface area contributed by atoms with Gasteiger partial charge in [0.1, 0.15) is 5.03 Å². The minimum absolute atomic E-state index is 0.292. The van der Waals surface area contributed by atoms with E-state index >= 15 is 0 Å². The molecule has 0 aliphatic heterocycles. The molecule has 2 nitrogen and oxygen atoms in total. The fourth-order valence-electron chi connectivity index (χ4n) is 1.27. The molecular weight excluding hydrogens is 228 g/mol. The molecular formula is C11H9ClN2S. The number of thioether (sulfide) groups is 1. The standard InChI is InChI=1S/C11H9ClN2S/c1-2-7-15-10-8-5-3-4-6-9(8)13-11(12)14-10/h2-6H,1,7H2. The molecule has 1 heterocycles. The number of hydrogen-bond acceptors (Lipinski definition) is 3. The van der Waals surface area contributed by atoms with E-state index in [2.05, 4.69) is 16.5 Å². The summed E-state index contributed by atoms with van der Waals surface area (Å²) in [5, 5.41) is 2.24. The van der Waals surface area contributed by atoms with Gasteiger partial charge in [-0.3, -0.25) is 0 Å². The first-order chi connectivity index (χ1) is 7.31. The molecule has 4 heteroatoms. The van der Waals surface area contributed by atoms with Gasteiger partial charge in [0.2, 0.25) is 5.28 Å². The number of aromatic nitrogens is 2. The Morgan fingerprint density at radius 1 is 1.33 bits per heavy atom. The molecule has 0 saturated heterocycles. The second-order valence-corrected chi connectivity index (χ2v) is 4.26. The average Bonchev–Trinajstić information content (AvgIpc) is 2.25. The van der Waals surface area contributed by atoms with Crippen LogP contribution in [0.5, 0.6) is 0 Å². The summed E-state index contributed by atoms with van der Waals surface area (Å²) in [6, 6.07) is 7.84. The maximum Gasteiger partial charge on any atom is 0.224 e. The largest absolute Gasteiger partial charge is 0.224 e. The Bertz CT molecular complexity index is 499. The van der Waals surface area contributed by atoms with Crippen LogP contribution >= 0.6 is 23.4 Å². The van der Waals surface area contributed by atoms with Crippen molar-refractivity contribution in [3.05, 3.63) is 42.2 Å². The van der Waals surface area contributed by atoms with Gasteiger partial charge in [0.15, 0.2) is 0 Å². The number of nitrogens with zero attached hydrogens (tertiary/aromatic N) is 2. The molecule has 0 atom stereocenters. The molecule has 15 heavy (non-hydrogen) atoms. The summed E-state index contributed by atoms with van der Waals surface area (Å²) in [5.41, 5.74) is 0.879. The van der Waals surface area contributed by atoms with Gasteiger partial charge in [-0.1, -0.05) is 24.3 Å². The number of benzene rings is 1. The lowest BCUT2D eigenvalue weighted by molar-refractivity contribution is 1.10. The lowest BCUT2D eigenvalue weighted by atomic mass is 10.2. The quantitative estimate of drug-likeness (QED) is 0.353. The predicted molar refractivity (Wildman–Crippen MR) is 65.5 cm³/mol. The van der Waals surface area contributed by atoms with Crippen LogP contribution in [0, 0.1) is 0 Å². The third kappa shape index (κ3) is 2.30. The van der Waals surface area contributed by atoms with Crippen LogP contribution in [-0.2, 0) is 0 Å². The first-order valence-electron chi connectivity index (χ1n) is 4.47. The van der Waals surface area contributed by atoms with Crippen molar-refractivity contribution in [3.63, 3.8) is 0 Å². The van der Waals surface area contributed by atoms with E-state index in [0.717, 1.165) is 21.7 Å². The molecule has 0 saturated carbocycles. The molecule has 1 aromatic heterocycles. The molecule has 0 aliphatic carbocycles. The lowest BCUT2D eigenvalue weighted by Gasteiger charge is -2.03. The fraction of sp³-hybridized carbons (Fsp3) is 0.0909. The minimum atomic E-state index is 0.292. The molecule has 0 aliphatic rings.